The van der Waals surface area contributed by atoms with Gasteiger partial charge in [0, 0.05) is 14.1 Å². The van der Waals surface area contributed by atoms with Crippen molar-refractivity contribution in [1.29, 1.82) is 0 Å². The van der Waals surface area contributed by atoms with Crippen molar-refractivity contribution in [3.8, 4) is 0 Å². The smallest absolute Gasteiger partial charge is 0.0305 e. The van der Waals surface area contributed by atoms with E-state index in [4.69, 9.17) is 0 Å². The molecule has 0 saturated carbocycles. The summed E-state index contributed by atoms with van der Waals surface area (Å²) in [7, 11) is -0.243. The molecule has 2 heteroatoms. The molecule has 0 aliphatic rings. The van der Waals surface area contributed by atoms with Crippen molar-refractivity contribution >= 4 is 24.7 Å². The largest absolute Gasteiger partial charge is 0.0928 e. The molecule has 0 spiro atoms. The van der Waals surface area contributed by atoms with Crippen molar-refractivity contribution in [1.82, 2.24) is 0 Å². The molecule has 12 heavy (non-hydrogen) atoms. The van der Waals surface area contributed by atoms with Crippen LogP contribution >= 0.6 is 15.9 Å². The van der Waals surface area contributed by atoms with Crippen molar-refractivity contribution in [3.05, 3.63) is 0 Å². The second kappa shape index (κ2) is 9.78. The Morgan fingerprint density at radius 3 is 1.83 bits per heavy atom. The quantitative estimate of drug-likeness (QED) is 0.344. The summed E-state index contributed by atoms with van der Waals surface area (Å²) in [6.07, 6.45) is 8.67. The lowest BCUT2D eigenvalue weighted by Crippen LogP contribution is -1.97. The van der Waals surface area contributed by atoms with Gasteiger partial charge >= 0.3 is 0 Å². The fourth-order valence-corrected chi connectivity index (χ4v) is 2.86. The molecule has 0 aromatic carbocycles. The highest BCUT2D eigenvalue weighted by Gasteiger charge is 1.95. The molecule has 0 amide bonds. The minimum Gasteiger partial charge on any atom is -0.0928 e. The van der Waals surface area contributed by atoms with Crippen LogP contribution < -0.4 is 0 Å². The first-order valence-electron chi connectivity index (χ1n) is 5.33. The van der Waals surface area contributed by atoms with E-state index in [1.54, 1.807) is 6.04 Å². The number of alkyl halides is 1. The molecule has 0 aromatic heterocycles. The van der Waals surface area contributed by atoms with Gasteiger partial charge in [0.2, 0.25) is 0 Å². The van der Waals surface area contributed by atoms with Gasteiger partial charge in [0.05, 0.1) is 0 Å². The van der Waals surface area contributed by atoms with Crippen molar-refractivity contribution < 1.29 is 0 Å². The van der Waals surface area contributed by atoms with E-state index >= 15 is 0 Å². The third kappa shape index (κ3) is 10.7. The summed E-state index contributed by atoms with van der Waals surface area (Å²) in [5, 5.41) is 1.19. The van der Waals surface area contributed by atoms with Crippen LogP contribution in [-0.4, -0.2) is 14.1 Å². The average Bonchev–Trinajstić information content (AvgIpc) is 2.02. The predicted octanol–water partition coefficient (Wildman–Crippen LogP) is 4.21. The van der Waals surface area contributed by atoms with Crippen LogP contribution in [0.1, 0.15) is 38.5 Å². The number of hydrogen-bond donors (Lipinski definition) is 0. The van der Waals surface area contributed by atoms with Gasteiger partial charge in [0.25, 0.3) is 0 Å². The molecular formula is C10H23BrSi. The summed E-state index contributed by atoms with van der Waals surface area (Å²) in [4.78, 5) is 0. The molecule has 0 unspecified atom stereocenters. The van der Waals surface area contributed by atoms with Crippen LogP contribution in [0.25, 0.3) is 0 Å². The molecule has 0 aliphatic heterocycles. The molecule has 0 aromatic rings. The molecule has 0 rings (SSSR count). The first kappa shape index (κ1) is 12.7. The van der Waals surface area contributed by atoms with Gasteiger partial charge in [-0.2, -0.15) is 0 Å². The topological polar surface area (TPSA) is 0 Å². The second-order valence-electron chi connectivity index (χ2n) is 3.99. The molecule has 0 saturated heterocycles. The summed E-state index contributed by atoms with van der Waals surface area (Å²) in [5.41, 5.74) is 0. The van der Waals surface area contributed by atoms with Crippen LogP contribution in [0.2, 0.25) is 19.1 Å². The maximum Gasteiger partial charge on any atom is 0.0305 e. The van der Waals surface area contributed by atoms with E-state index in [9.17, 15) is 0 Å². The number of unbranched alkanes of at least 4 members (excludes halogenated alkanes) is 5. The fraction of sp³-hybridized carbons (Fsp3) is 1.00. The average molecular weight is 251 g/mol. The minimum atomic E-state index is -0.243. The predicted molar refractivity (Wildman–Crippen MR) is 65.2 cm³/mol. The van der Waals surface area contributed by atoms with Gasteiger partial charge in [0.15, 0.2) is 0 Å². The first-order chi connectivity index (χ1) is 5.77. The maximum atomic E-state index is 3.46. The van der Waals surface area contributed by atoms with Crippen LogP contribution in [0.15, 0.2) is 0 Å². The highest BCUT2D eigenvalue weighted by atomic mass is 79.9. The molecule has 0 aliphatic carbocycles. The molecular weight excluding hydrogens is 228 g/mol. The van der Waals surface area contributed by atoms with E-state index in [1.165, 1.54) is 43.9 Å². The van der Waals surface area contributed by atoms with Crippen LogP contribution in [0, 0.1) is 0 Å². The highest BCUT2D eigenvalue weighted by molar-refractivity contribution is 9.09. The van der Waals surface area contributed by atoms with Gasteiger partial charge in [-0.3, -0.25) is 0 Å². The Morgan fingerprint density at radius 1 is 0.833 bits per heavy atom. The third-order valence-corrected chi connectivity index (χ3v) is 4.29. The van der Waals surface area contributed by atoms with Gasteiger partial charge in [-0.25, -0.2) is 0 Å². The zero-order valence-electron chi connectivity index (χ0n) is 8.61. The Balaban J connectivity index is 2.82. The van der Waals surface area contributed by atoms with E-state index in [1.807, 2.05) is 0 Å². The van der Waals surface area contributed by atoms with E-state index in [-0.39, 0.29) is 8.80 Å². The van der Waals surface area contributed by atoms with E-state index in [0.29, 0.717) is 0 Å². The molecule has 0 N–H and O–H groups in total. The van der Waals surface area contributed by atoms with Crippen molar-refractivity contribution in [2.75, 3.05) is 5.33 Å². The lowest BCUT2D eigenvalue weighted by Gasteiger charge is -2.02. The monoisotopic (exact) mass is 250 g/mol. The molecule has 0 heterocycles. The molecule has 74 valence electrons. The van der Waals surface area contributed by atoms with E-state index in [2.05, 4.69) is 29.0 Å². The zero-order valence-corrected chi connectivity index (χ0v) is 11.4. The summed E-state index contributed by atoms with van der Waals surface area (Å²) in [6.45, 7) is 4.90. The van der Waals surface area contributed by atoms with Gasteiger partial charge in [-0.1, -0.05) is 67.2 Å². The molecule has 0 fully saturated rings. The third-order valence-electron chi connectivity index (χ3n) is 2.17. The number of halogens is 1. The Labute approximate surface area is 87.9 Å². The Morgan fingerprint density at radius 2 is 1.33 bits per heavy atom. The fourth-order valence-electron chi connectivity index (χ4n) is 1.35. The van der Waals surface area contributed by atoms with Crippen LogP contribution in [-0.2, 0) is 0 Å². The lowest BCUT2D eigenvalue weighted by molar-refractivity contribution is 0.626. The highest BCUT2D eigenvalue weighted by Crippen LogP contribution is 2.09. The number of rotatable bonds is 8. The van der Waals surface area contributed by atoms with Crippen molar-refractivity contribution in [3.63, 3.8) is 0 Å². The Hall–Kier alpha value is 0.697. The molecule has 0 atom stereocenters. The Bertz CT molecular complexity index is 83.9. The zero-order chi connectivity index (χ0) is 9.23. The normalized spacial score (nSPS) is 11.0. The number of hydrogen-bond acceptors (Lipinski definition) is 0. The first-order valence-corrected chi connectivity index (χ1v) is 9.58. The molecule has 0 bridgehead atoms. The summed E-state index contributed by atoms with van der Waals surface area (Å²) < 4.78 is 0. The lowest BCUT2D eigenvalue weighted by atomic mass is 10.1. The van der Waals surface area contributed by atoms with Gasteiger partial charge < -0.3 is 0 Å². The standard InChI is InChI=1S/C10H23BrSi/c1-12(2)10-8-6-4-3-5-7-9-11/h12H,3-10H2,1-2H3. The molecule has 0 radical (unpaired) electrons. The minimum absolute atomic E-state index is 0.243. The summed E-state index contributed by atoms with van der Waals surface area (Å²) in [6, 6.07) is 1.55. The Kier molecular flexibility index (Phi) is 10.4. The van der Waals surface area contributed by atoms with Gasteiger partial charge in [-0.05, 0) is 6.42 Å². The van der Waals surface area contributed by atoms with Crippen molar-refractivity contribution in [2.24, 2.45) is 0 Å². The van der Waals surface area contributed by atoms with Crippen LogP contribution in [0.4, 0.5) is 0 Å². The summed E-state index contributed by atoms with van der Waals surface area (Å²) >= 11 is 3.46. The van der Waals surface area contributed by atoms with Crippen LogP contribution in [0.5, 0.6) is 0 Å². The van der Waals surface area contributed by atoms with Gasteiger partial charge in [-0.15, -0.1) is 0 Å². The SMILES string of the molecule is C[SiH](C)CCCCCCCCBr. The summed E-state index contributed by atoms with van der Waals surface area (Å²) in [5.74, 6) is 0. The second-order valence-corrected chi connectivity index (χ2v) is 8.15. The maximum absolute atomic E-state index is 3.46. The van der Waals surface area contributed by atoms with Crippen molar-refractivity contribution in [2.45, 2.75) is 57.7 Å². The molecule has 0 nitrogen and oxygen atoms in total. The van der Waals surface area contributed by atoms with Crippen LogP contribution in [0.3, 0.4) is 0 Å². The van der Waals surface area contributed by atoms with Gasteiger partial charge in [0.1, 0.15) is 0 Å². The van der Waals surface area contributed by atoms with E-state index < -0.39 is 0 Å². The van der Waals surface area contributed by atoms with E-state index in [0.717, 1.165) is 0 Å².